The summed E-state index contributed by atoms with van der Waals surface area (Å²) in [5, 5.41) is 15.6. The van der Waals surface area contributed by atoms with Crippen molar-refractivity contribution in [2.45, 2.75) is 13.0 Å². The van der Waals surface area contributed by atoms with E-state index in [2.05, 4.69) is 20.4 Å². The maximum Gasteiger partial charge on any atom is 0.322 e. The highest BCUT2D eigenvalue weighted by molar-refractivity contribution is 7.13. The summed E-state index contributed by atoms with van der Waals surface area (Å²) in [6, 6.07) is 19.0. The molecule has 35 heavy (non-hydrogen) atoms. The van der Waals surface area contributed by atoms with Crippen LogP contribution in [0.1, 0.15) is 6.92 Å². The lowest BCUT2D eigenvalue weighted by molar-refractivity contribution is 0.184. The van der Waals surface area contributed by atoms with Crippen molar-refractivity contribution in [3.05, 3.63) is 71.1 Å². The number of hydrogen-bond donors (Lipinski definition) is 1. The van der Waals surface area contributed by atoms with Gasteiger partial charge in [0.25, 0.3) is 0 Å². The Morgan fingerprint density at radius 1 is 1.09 bits per heavy atom. The van der Waals surface area contributed by atoms with Gasteiger partial charge in [-0.3, -0.25) is 0 Å². The topological polar surface area (TPSA) is 78.7 Å². The number of halogens is 1. The molecular weight excluding hydrogens is 482 g/mol. The minimum absolute atomic E-state index is 0.0343. The van der Waals surface area contributed by atoms with Crippen LogP contribution < -0.4 is 10.2 Å². The first-order chi connectivity index (χ1) is 17.1. The van der Waals surface area contributed by atoms with Gasteiger partial charge in [0.1, 0.15) is 0 Å². The van der Waals surface area contributed by atoms with Gasteiger partial charge in [0.15, 0.2) is 11.5 Å². The highest BCUT2D eigenvalue weighted by atomic mass is 35.5. The number of rotatable bonds is 3. The van der Waals surface area contributed by atoms with Gasteiger partial charge in [-0.2, -0.15) is 0 Å². The summed E-state index contributed by atoms with van der Waals surface area (Å²) < 4.78 is 2.04. The number of nitrogens with one attached hydrogen (secondary N) is 1. The fourth-order valence-corrected chi connectivity index (χ4v) is 5.43. The van der Waals surface area contributed by atoms with Crippen molar-refractivity contribution in [3.63, 3.8) is 0 Å². The van der Waals surface area contributed by atoms with E-state index in [0.29, 0.717) is 30.3 Å². The highest BCUT2D eigenvalue weighted by Crippen LogP contribution is 2.31. The van der Waals surface area contributed by atoms with Crippen molar-refractivity contribution in [2.75, 3.05) is 29.9 Å². The van der Waals surface area contributed by atoms with E-state index < -0.39 is 0 Å². The monoisotopic (exact) mass is 503 g/mol. The number of piperazine rings is 1. The standard InChI is InChI=1S/C25H22ClN7OS/c1-16-15-31(11-12-32(16)25(34)27-18-7-4-6-17(26)14-18)24-28-20-9-3-2-8-19(20)22-29-30-23(33(22)24)21-10-5-13-35-21/h2-10,13-14,16H,11-12,15H2,1H3,(H,27,34)/t16-/m1/s1. The van der Waals surface area contributed by atoms with E-state index in [4.69, 9.17) is 16.6 Å². The molecule has 1 atom stereocenters. The average Bonchev–Trinajstić information content (AvgIpc) is 3.54. The number of aromatic nitrogens is 4. The second-order valence-corrected chi connectivity index (χ2v) is 9.90. The molecule has 0 radical (unpaired) electrons. The molecule has 0 spiro atoms. The molecule has 1 aliphatic rings. The van der Waals surface area contributed by atoms with E-state index in [0.717, 1.165) is 33.2 Å². The molecule has 0 bridgehead atoms. The van der Waals surface area contributed by atoms with Crippen molar-refractivity contribution >= 4 is 57.2 Å². The molecule has 8 nitrogen and oxygen atoms in total. The molecule has 1 fully saturated rings. The third-order valence-electron chi connectivity index (χ3n) is 6.22. The zero-order chi connectivity index (χ0) is 23.9. The molecule has 0 aliphatic carbocycles. The number of hydrogen-bond acceptors (Lipinski definition) is 6. The maximum atomic E-state index is 13.0. The van der Waals surface area contributed by atoms with Crippen LogP contribution >= 0.6 is 22.9 Å². The van der Waals surface area contributed by atoms with Crippen LogP contribution in [0.3, 0.4) is 0 Å². The normalized spacial score (nSPS) is 16.2. The Hall–Kier alpha value is -3.69. The van der Waals surface area contributed by atoms with E-state index in [1.165, 1.54) is 0 Å². The van der Waals surface area contributed by atoms with Crippen molar-refractivity contribution in [1.82, 2.24) is 24.5 Å². The van der Waals surface area contributed by atoms with Gasteiger partial charge in [-0.15, -0.1) is 21.5 Å². The van der Waals surface area contributed by atoms with Gasteiger partial charge in [0, 0.05) is 41.8 Å². The van der Waals surface area contributed by atoms with E-state index in [1.54, 1.807) is 23.5 Å². The molecular formula is C25H22ClN7OS. The third-order valence-corrected chi connectivity index (χ3v) is 7.32. The fourth-order valence-electron chi connectivity index (χ4n) is 4.55. The van der Waals surface area contributed by atoms with E-state index in [-0.39, 0.29) is 12.1 Å². The summed E-state index contributed by atoms with van der Waals surface area (Å²) in [6.45, 7) is 3.87. The number of urea groups is 1. The highest BCUT2D eigenvalue weighted by Gasteiger charge is 2.30. The Bertz CT molecular complexity index is 1530. The second kappa shape index (κ2) is 8.83. The van der Waals surface area contributed by atoms with E-state index in [1.807, 2.05) is 70.1 Å². The first-order valence-corrected chi connectivity index (χ1v) is 12.6. The van der Waals surface area contributed by atoms with Crippen molar-refractivity contribution in [3.8, 4) is 10.7 Å². The molecule has 176 valence electrons. The average molecular weight is 504 g/mol. The summed E-state index contributed by atoms with van der Waals surface area (Å²) in [5.41, 5.74) is 2.33. The number of nitrogens with zero attached hydrogens (tertiary/aromatic N) is 6. The number of para-hydroxylation sites is 1. The molecule has 2 aromatic carbocycles. The quantitative estimate of drug-likeness (QED) is 0.356. The van der Waals surface area contributed by atoms with Crippen LogP contribution in [0.4, 0.5) is 16.4 Å². The molecule has 10 heteroatoms. The first-order valence-electron chi connectivity index (χ1n) is 11.3. The predicted octanol–water partition coefficient (Wildman–Crippen LogP) is 5.40. The lowest BCUT2D eigenvalue weighted by Crippen LogP contribution is -2.55. The summed E-state index contributed by atoms with van der Waals surface area (Å²) in [5.74, 6) is 1.56. The van der Waals surface area contributed by atoms with E-state index in [9.17, 15) is 4.79 Å². The van der Waals surface area contributed by atoms with E-state index >= 15 is 0 Å². The third kappa shape index (κ3) is 3.96. The molecule has 3 aromatic heterocycles. The van der Waals surface area contributed by atoms with Crippen molar-refractivity contribution in [2.24, 2.45) is 0 Å². The minimum atomic E-state index is -0.139. The molecule has 1 aliphatic heterocycles. The molecule has 6 rings (SSSR count). The zero-order valence-electron chi connectivity index (χ0n) is 18.9. The van der Waals surface area contributed by atoms with Crippen LogP contribution in [0.5, 0.6) is 0 Å². The molecule has 2 amide bonds. The maximum absolute atomic E-state index is 13.0. The SMILES string of the molecule is C[C@@H]1CN(c2nc3ccccc3c3nnc(-c4cccs4)n23)CCN1C(=O)Nc1cccc(Cl)c1. The summed E-state index contributed by atoms with van der Waals surface area (Å²) in [6.07, 6.45) is 0. The van der Waals surface area contributed by atoms with Crippen LogP contribution in [-0.2, 0) is 0 Å². The van der Waals surface area contributed by atoms with Gasteiger partial charge in [-0.1, -0.05) is 35.9 Å². The van der Waals surface area contributed by atoms with Gasteiger partial charge in [0.05, 0.1) is 10.4 Å². The molecule has 1 N–H and O–H groups in total. The number of carbonyl (C=O) groups excluding carboxylic acids is 1. The number of benzene rings is 2. The summed E-state index contributed by atoms with van der Waals surface area (Å²) >= 11 is 7.69. The molecule has 1 saturated heterocycles. The number of anilines is 2. The zero-order valence-corrected chi connectivity index (χ0v) is 20.5. The number of amides is 2. The van der Waals surface area contributed by atoms with Crippen LogP contribution in [0.2, 0.25) is 5.02 Å². The molecule has 4 heterocycles. The molecule has 5 aromatic rings. The number of fused-ring (bicyclic) bond motifs is 3. The van der Waals surface area contributed by atoms with Gasteiger partial charge in [-0.05, 0) is 48.7 Å². The molecule has 0 saturated carbocycles. The Labute approximate surface area is 210 Å². The Balaban J connectivity index is 1.33. The largest absolute Gasteiger partial charge is 0.338 e. The Morgan fingerprint density at radius 3 is 2.77 bits per heavy atom. The number of thiophene rings is 1. The fraction of sp³-hybridized carbons (Fsp3) is 0.200. The predicted molar refractivity (Wildman–Crippen MR) is 140 cm³/mol. The van der Waals surface area contributed by atoms with Crippen LogP contribution in [0.25, 0.3) is 27.3 Å². The van der Waals surface area contributed by atoms with Crippen LogP contribution in [-0.4, -0.2) is 56.2 Å². The second-order valence-electron chi connectivity index (χ2n) is 8.52. The minimum Gasteiger partial charge on any atom is -0.338 e. The summed E-state index contributed by atoms with van der Waals surface area (Å²) in [4.78, 5) is 23.1. The van der Waals surface area contributed by atoms with Crippen LogP contribution in [0, 0.1) is 0 Å². The van der Waals surface area contributed by atoms with Crippen LogP contribution in [0.15, 0.2) is 66.0 Å². The van der Waals surface area contributed by atoms with Gasteiger partial charge < -0.3 is 15.1 Å². The first kappa shape index (κ1) is 21.8. The Kier molecular flexibility index (Phi) is 5.50. The van der Waals surface area contributed by atoms with Gasteiger partial charge in [0.2, 0.25) is 5.95 Å². The smallest absolute Gasteiger partial charge is 0.322 e. The molecule has 0 unspecified atom stereocenters. The lowest BCUT2D eigenvalue weighted by atomic mass is 10.2. The van der Waals surface area contributed by atoms with Crippen molar-refractivity contribution < 1.29 is 4.79 Å². The lowest BCUT2D eigenvalue weighted by Gasteiger charge is -2.40. The Morgan fingerprint density at radius 2 is 1.97 bits per heavy atom. The van der Waals surface area contributed by atoms with Gasteiger partial charge in [-0.25, -0.2) is 14.2 Å². The number of carbonyl (C=O) groups is 1. The van der Waals surface area contributed by atoms with Crippen molar-refractivity contribution in [1.29, 1.82) is 0 Å². The summed E-state index contributed by atoms with van der Waals surface area (Å²) in [7, 11) is 0. The van der Waals surface area contributed by atoms with Gasteiger partial charge >= 0.3 is 6.03 Å².